The molecule has 0 radical (unpaired) electrons. The molecular formula is C9H13N3S. The Kier molecular flexibility index (Phi) is 3.02. The van der Waals surface area contributed by atoms with Crippen molar-refractivity contribution >= 4 is 17.6 Å². The molecule has 0 amide bonds. The molecule has 1 aliphatic rings. The number of hydrogen-bond donors (Lipinski definition) is 1. The molecule has 3 nitrogen and oxygen atoms in total. The van der Waals surface area contributed by atoms with Crippen LogP contribution in [0.1, 0.15) is 12.8 Å². The van der Waals surface area contributed by atoms with Gasteiger partial charge in [0.1, 0.15) is 5.82 Å². The van der Waals surface area contributed by atoms with Crippen molar-refractivity contribution in [3.63, 3.8) is 0 Å². The van der Waals surface area contributed by atoms with Crippen molar-refractivity contribution in [3.8, 4) is 0 Å². The molecule has 2 heterocycles. The molecule has 13 heavy (non-hydrogen) atoms. The van der Waals surface area contributed by atoms with Gasteiger partial charge >= 0.3 is 0 Å². The van der Waals surface area contributed by atoms with E-state index in [0.717, 1.165) is 5.82 Å². The second-order valence-corrected chi connectivity index (χ2v) is 4.30. The Bertz CT molecular complexity index is 246. The van der Waals surface area contributed by atoms with Gasteiger partial charge in [-0.05, 0) is 18.6 Å². The summed E-state index contributed by atoms with van der Waals surface area (Å²) in [5.41, 5.74) is 0. The molecule has 0 saturated carbocycles. The first-order valence-electron chi connectivity index (χ1n) is 4.55. The SMILES string of the molecule is c1cnc(NC2CCCSC2)cn1. The lowest BCUT2D eigenvalue weighted by atomic mass is 10.2. The second kappa shape index (κ2) is 4.46. The summed E-state index contributed by atoms with van der Waals surface area (Å²) in [5.74, 6) is 3.39. The van der Waals surface area contributed by atoms with Gasteiger partial charge in [0.15, 0.2) is 0 Å². The normalized spacial score (nSPS) is 22.6. The molecule has 0 aliphatic carbocycles. The summed E-state index contributed by atoms with van der Waals surface area (Å²) < 4.78 is 0. The summed E-state index contributed by atoms with van der Waals surface area (Å²) >= 11 is 2.01. The van der Waals surface area contributed by atoms with Gasteiger partial charge in [-0.1, -0.05) is 0 Å². The van der Waals surface area contributed by atoms with Gasteiger partial charge in [0.05, 0.1) is 6.20 Å². The number of hydrogen-bond acceptors (Lipinski definition) is 4. The van der Waals surface area contributed by atoms with Crippen molar-refractivity contribution in [2.24, 2.45) is 0 Å². The lowest BCUT2D eigenvalue weighted by molar-refractivity contribution is 0.682. The van der Waals surface area contributed by atoms with E-state index < -0.39 is 0 Å². The maximum atomic E-state index is 4.19. The van der Waals surface area contributed by atoms with E-state index in [-0.39, 0.29) is 0 Å². The van der Waals surface area contributed by atoms with Crippen molar-refractivity contribution in [1.82, 2.24) is 9.97 Å². The van der Waals surface area contributed by atoms with Crippen molar-refractivity contribution in [2.45, 2.75) is 18.9 Å². The maximum absolute atomic E-state index is 4.19. The molecule has 4 heteroatoms. The van der Waals surface area contributed by atoms with Gasteiger partial charge in [-0.3, -0.25) is 4.98 Å². The minimum atomic E-state index is 0.579. The molecule has 1 aromatic heterocycles. The Morgan fingerprint density at radius 2 is 2.46 bits per heavy atom. The highest BCUT2D eigenvalue weighted by molar-refractivity contribution is 7.99. The minimum absolute atomic E-state index is 0.579. The average Bonchev–Trinajstić information content (AvgIpc) is 2.21. The van der Waals surface area contributed by atoms with Crippen LogP contribution in [0.3, 0.4) is 0 Å². The Morgan fingerprint density at radius 3 is 3.15 bits per heavy atom. The molecule has 0 bridgehead atoms. The Morgan fingerprint density at radius 1 is 1.46 bits per heavy atom. The summed E-state index contributed by atoms with van der Waals surface area (Å²) in [4.78, 5) is 8.21. The van der Waals surface area contributed by atoms with Gasteiger partial charge in [0, 0.05) is 24.2 Å². The number of rotatable bonds is 2. The Labute approximate surface area is 82.4 Å². The third-order valence-corrected chi connectivity index (χ3v) is 3.29. The summed E-state index contributed by atoms with van der Waals surface area (Å²) in [6.07, 6.45) is 7.75. The first-order valence-corrected chi connectivity index (χ1v) is 5.71. The molecule has 1 N–H and O–H groups in total. The van der Waals surface area contributed by atoms with E-state index in [4.69, 9.17) is 0 Å². The van der Waals surface area contributed by atoms with Crippen LogP contribution in [-0.2, 0) is 0 Å². The van der Waals surface area contributed by atoms with E-state index in [1.807, 2.05) is 11.8 Å². The largest absolute Gasteiger partial charge is 0.365 e. The average molecular weight is 195 g/mol. The minimum Gasteiger partial charge on any atom is -0.365 e. The lowest BCUT2D eigenvalue weighted by Gasteiger charge is -2.22. The predicted octanol–water partition coefficient (Wildman–Crippen LogP) is 1.78. The summed E-state index contributed by atoms with van der Waals surface area (Å²) in [6.45, 7) is 0. The molecule has 1 atom stereocenters. The van der Waals surface area contributed by atoms with Crippen molar-refractivity contribution < 1.29 is 0 Å². The fraction of sp³-hybridized carbons (Fsp3) is 0.556. The van der Waals surface area contributed by atoms with Crippen LogP contribution in [0.2, 0.25) is 0 Å². The van der Waals surface area contributed by atoms with Gasteiger partial charge in [0.2, 0.25) is 0 Å². The molecule has 0 aromatic carbocycles. The van der Waals surface area contributed by atoms with E-state index in [1.165, 1.54) is 24.3 Å². The fourth-order valence-corrected chi connectivity index (χ4v) is 2.51. The van der Waals surface area contributed by atoms with Gasteiger partial charge in [-0.2, -0.15) is 11.8 Å². The molecule has 1 unspecified atom stereocenters. The molecule has 1 aliphatic heterocycles. The van der Waals surface area contributed by atoms with Crippen LogP contribution in [0.5, 0.6) is 0 Å². The van der Waals surface area contributed by atoms with E-state index in [0.29, 0.717) is 6.04 Å². The first-order chi connectivity index (χ1) is 6.45. The van der Waals surface area contributed by atoms with Gasteiger partial charge in [-0.15, -0.1) is 0 Å². The third kappa shape index (κ3) is 2.59. The number of thioether (sulfide) groups is 1. The summed E-state index contributed by atoms with van der Waals surface area (Å²) in [6, 6.07) is 0.579. The molecule has 70 valence electrons. The maximum Gasteiger partial charge on any atom is 0.144 e. The van der Waals surface area contributed by atoms with Crippen LogP contribution in [-0.4, -0.2) is 27.5 Å². The molecule has 1 saturated heterocycles. The summed E-state index contributed by atoms with van der Waals surface area (Å²) in [5, 5.41) is 3.39. The molecule has 2 rings (SSSR count). The fourth-order valence-electron chi connectivity index (χ4n) is 1.44. The number of anilines is 1. The lowest BCUT2D eigenvalue weighted by Crippen LogP contribution is -2.26. The monoisotopic (exact) mass is 195 g/mol. The smallest absolute Gasteiger partial charge is 0.144 e. The Hall–Kier alpha value is -0.770. The van der Waals surface area contributed by atoms with Gasteiger partial charge in [-0.25, -0.2) is 4.98 Å². The van der Waals surface area contributed by atoms with Crippen LogP contribution in [0.25, 0.3) is 0 Å². The van der Waals surface area contributed by atoms with Gasteiger partial charge in [0.25, 0.3) is 0 Å². The first kappa shape index (κ1) is 8.81. The van der Waals surface area contributed by atoms with Crippen LogP contribution in [0.15, 0.2) is 18.6 Å². The third-order valence-electron chi connectivity index (χ3n) is 2.08. The molecule has 1 aromatic rings. The second-order valence-electron chi connectivity index (χ2n) is 3.15. The molecule has 1 fully saturated rings. The standard InChI is InChI=1S/C9H13N3S/c1-2-8(7-13-5-1)12-9-6-10-3-4-11-9/h3-4,6,8H,1-2,5,7H2,(H,11,12). The van der Waals surface area contributed by atoms with E-state index >= 15 is 0 Å². The zero-order valence-electron chi connectivity index (χ0n) is 7.44. The predicted molar refractivity (Wildman–Crippen MR) is 56.0 cm³/mol. The number of aromatic nitrogens is 2. The van der Waals surface area contributed by atoms with Crippen LogP contribution >= 0.6 is 11.8 Å². The van der Waals surface area contributed by atoms with Gasteiger partial charge < -0.3 is 5.32 Å². The van der Waals surface area contributed by atoms with Crippen LogP contribution < -0.4 is 5.32 Å². The van der Waals surface area contributed by atoms with Crippen molar-refractivity contribution in [1.29, 1.82) is 0 Å². The quantitative estimate of drug-likeness (QED) is 0.780. The van der Waals surface area contributed by atoms with E-state index in [2.05, 4.69) is 15.3 Å². The van der Waals surface area contributed by atoms with Crippen molar-refractivity contribution in [3.05, 3.63) is 18.6 Å². The number of nitrogens with zero attached hydrogens (tertiary/aromatic N) is 2. The van der Waals surface area contributed by atoms with E-state index in [9.17, 15) is 0 Å². The molecule has 0 spiro atoms. The van der Waals surface area contributed by atoms with E-state index in [1.54, 1.807) is 18.6 Å². The van der Waals surface area contributed by atoms with Crippen molar-refractivity contribution in [2.75, 3.05) is 16.8 Å². The number of nitrogens with one attached hydrogen (secondary N) is 1. The topological polar surface area (TPSA) is 37.8 Å². The Balaban J connectivity index is 1.90. The summed E-state index contributed by atoms with van der Waals surface area (Å²) in [7, 11) is 0. The zero-order valence-corrected chi connectivity index (χ0v) is 8.26. The van der Waals surface area contributed by atoms with Crippen LogP contribution in [0.4, 0.5) is 5.82 Å². The highest BCUT2D eigenvalue weighted by Crippen LogP contribution is 2.19. The van der Waals surface area contributed by atoms with Crippen LogP contribution in [0, 0.1) is 0 Å². The molecular weight excluding hydrogens is 182 g/mol. The highest BCUT2D eigenvalue weighted by atomic mass is 32.2. The highest BCUT2D eigenvalue weighted by Gasteiger charge is 2.13. The zero-order chi connectivity index (χ0) is 8.93.